The molecule has 0 fully saturated rings. The molecular formula is C15H21N5O3S. The van der Waals surface area contributed by atoms with E-state index in [1.807, 2.05) is 13.8 Å². The van der Waals surface area contributed by atoms with Crippen molar-refractivity contribution in [3.63, 3.8) is 0 Å². The van der Waals surface area contributed by atoms with Gasteiger partial charge in [-0.2, -0.15) is 0 Å². The molecule has 1 heterocycles. The summed E-state index contributed by atoms with van der Waals surface area (Å²) in [6, 6.07) is 6.69. The van der Waals surface area contributed by atoms with E-state index in [1.165, 1.54) is 6.26 Å². The molecule has 0 aliphatic rings. The van der Waals surface area contributed by atoms with Gasteiger partial charge in [-0.3, -0.25) is 4.79 Å². The number of nitrogens with one attached hydrogen (secondary N) is 1. The molecule has 1 amide bonds. The summed E-state index contributed by atoms with van der Waals surface area (Å²) in [6.45, 7) is 4.38. The predicted octanol–water partition coefficient (Wildman–Crippen LogP) is 0.771. The third-order valence-electron chi connectivity index (χ3n) is 3.33. The molecule has 0 aliphatic carbocycles. The molecule has 1 aromatic heterocycles. The first-order chi connectivity index (χ1) is 11.3. The number of tetrazole rings is 1. The highest BCUT2D eigenvalue weighted by Crippen LogP contribution is 2.08. The number of aromatic nitrogens is 4. The molecule has 24 heavy (non-hydrogen) atoms. The van der Waals surface area contributed by atoms with Gasteiger partial charge in [0.2, 0.25) is 0 Å². The van der Waals surface area contributed by atoms with Gasteiger partial charge in [0.05, 0.1) is 11.8 Å². The first kappa shape index (κ1) is 18.1. The van der Waals surface area contributed by atoms with Gasteiger partial charge in [0.25, 0.3) is 5.91 Å². The van der Waals surface area contributed by atoms with Crippen LogP contribution in [0.25, 0.3) is 0 Å². The summed E-state index contributed by atoms with van der Waals surface area (Å²) >= 11 is 0. The Kier molecular flexibility index (Phi) is 5.66. The van der Waals surface area contributed by atoms with E-state index in [4.69, 9.17) is 0 Å². The minimum absolute atomic E-state index is 0.0350. The number of rotatable bonds is 7. The zero-order chi connectivity index (χ0) is 17.7. The van der Waals surface area contributed by atoms with E-state index in [1.54, 1.807) is 28.9 Å². The Labute approximate surface area is 141 Å². The summed E-state index contributed by atoms with van der Waals surface area (Å²) in [4.78, 5) is 12.1. The van der Waals surface area contributed by atoms with Crippen molar-refractivity contribution in [3.8, 4) is 0 Å². The van der Waals surface area contributed by atoms with Crippen LogP contribution in [-0.4, -0.2) is 47.3 Å². The van der Waals surface area contributed by atoms with E-state index >= 15 is 0 Å². The maximum absolute atomic E-state index is 12.1. The topological polar surface area (TPSA) is 107 Å². The molecule has 130 valence electrons. The summed E-state index contributed by atoms with van der Waals surface area (Å²) in [7, 11) is -3.08. The second-order valence-electron chi connectivity index (χ2n) is 5.91. The van der Waals surface area contributed by atoms with Crippen LogP contribution in [0.15, 0.2) is 24.3 Å². The summed E-state index contributed by atoms with van der Waals surface area (Å²) in [6.07, 6.45) is 1.71. The lowest BCUT2D eigenvalue weighted by Gasteiger charge is -2.08. The molecule has 0 saturated carbocycles. The van der Waals surface area contributed by atoms with Crippen LogP contribution in [-0.2, 0) is 22.0 Å². The van der Waals surface area contributed by atoms with Crippen LogP contribution in [0.3, 0.4) is 0 Å². The lowest BCUT2D eigenvalue weighted by Crippen LogP contribution is -2.26. The van der Waals surface area contributed by atoms with Crippen molar-refractivity contribution >= 4 is 15.7 Å². The van der Waals surface area contributed by atoms with Crippen molar-refractivity contribution in [2.75, 3.05) is 12.8 Å². The molecule has 0 spiro atoms. The fourth-order valence-electron chi connectivity index (χ4n) is 2.22. The van der Waals surface area contributed by atoms with E-state index in [0.29, 0.717) is 29.9 Å². The molecular weight excluding hydrogens is 330 g/mol. The predicted molar refractivity (Wildman–Crippen MR) is 89.2 cm³/mol. The molecule has 0 radical (unpaired) electrons. The Morgan fingerprint density at radius 1 is 1.25 bits per heavy atom. The highest BCUT2D eigenvalue weighted by Gasteiger charge is 2.11. The Bertz CT molecular complexity index is 797. The normalized spacial score (nSPS) is 11.7. The number of benzene rings is 1. The van der Waals surface area contributed by atoms with Crippen LogP contribution in [0.1, 0.15) is 41.6 Å². The van der Waals surface area contributed by atoms with Gasteiger partial charge in [0.1, 0.15) is 0 Å². The molecule has 0 bridgehead atoms. The minimum atomic E-state index is -3.08. The van der Waals surface area contributed by atoms with E-state index in [0.717, 1.165) is 0 Å². The summed E-state index contributed by atoms with van der Waals surface area (Å²) < 4.78 is 24.2. The van der Waals surface area contributed by atoms with Gasteiger partial charge in [-0.25, -0.2) is 13.1 Å². The number of hydrogen-bond acceptors (Lipinski definition) is 6. The number of carbonyl (C=O) groups excluding carboxylic acids is 1. The van der Waals surface area contributed by atoms with Crippen molar-refractivity contribution in [1.82, 2.24) is 25.5 Å². The third-order valence-corrected chi connectivity index (χ3v) is 4.19. The quantitative estimate of drug-likeness (QED) is 0.789. The monoisotopic (exact) mass is 351 g/mol. The van der Waals surface area contributed by atoms with E-state index in [-0.39, 0.29) is 17.7 Å². The zero-order valence-corrected chi connectivity index (χ0v) is 14.7. The highest BCUT2D eigenvalue weighted by atomic mass is 32.2. The van der Waals surface area contributed by atoms with Crippen molar-refractivity contribution in [2.45, 2.75) is 32.1 Å². The van der Waals surface area contributed by atoms with Crippen LogP contribution in [0.2, 0.25) is 0 Å². The molecule has 0 atom stereocenters. The van der Waals surface area contributed by atoms with Crippen LogP contribution < -0.4 is 5.32 Å². The highest BCUT2D eigenvalue weighted by molar-refractivity contribution is 7.89. The first-order valence-corrected chi connectivity index (χ1v) is 9.64. The third kappa shape index (κ3) is 5.12. The van der Waals surface area contributed by atoms with Crippen LogP contribution in [0, 0.1) is 0 Å². The van der Waals surface area contributed by atoms with Gasteiger partial charge < -0.3 is 5.32 Å². The Morgan fingerprint density at radius 3 is 2.50 bits per heavy atom. The average Bonchev–Trinajstić information content (AvgIpc) is 2.95. The molecule has 1 aromatic carbocycles. The summed E-state index contributed by atoms with van der Waals surface area (Å²) in [5, 5.41) is 14.3. The molecule has 8 nitrogen and oxygen atoms in total. The first-order valence-electron chi connectivity index (χ1n) is 7.58. The second kappa shape index (κ2) is 7.52. The van der Waals surface area contributed by atoms with Gasteiger partial charge in [0.15, 0.2) is 15.7 Å². The van der Waals surface area contributed by atoms with E-state index in [2.05, 4.69) is 20.8 Å². The van der Waals surface area contributed by atoms with Crippen molar-refractivity contribution < 1.29 is 13.2 Å². The number of amides is 1. The second-order valence-corrected chi connectivity index (χ2v) is 8.05. The fraction of sp³-hybridized carbons (Fsp3) is 0.467. The molecule has 9 heteroatoms. The lowest BCUT2D eigenvalue weighted by molar-refractivity contribution is 0.0954. The lowest BCUT2D eigenvalue weighted by atomic mass is 10.1. The standard InChI is InChI=1S/C15H21N5O3S/c1-11(2)20-14(17-18-19-20)8-9-16-15(21)13-6-4-12(5-7-13)10-24(3,22)23/h4-7,11H,8-10H2,1-3H3,(H,16,21). The van der Waals surface area contributed by atoms with Gasteiger partial charge in [-0.05, 0) is 42.0 Å². The number of carbonyl (C=O) groups is 1. The molecule has 2 rings (SSSR count). The average molecular weight is 351 g/mol. The van der Waals surface area contributed by atoms with Crippen molar-refractivity contribution in [1.29, 1.82) is 0 Å². The number of nitrogens with zero attached hydrogens (tertiary/aromatic N) is 4. The van der Waals surface area contributed by atoms with Gasteiger partial charge in [-0.1, -0.05) is 12.1 Å². The van der Waals surface area contributed by atoms with Gasteiger partial charge in [0, 0.05) is 24.8 Å². The minimum Gasteiger partial charge on any atom is -0.352 e. The van der Waals surface area contributed by atoms with E-state index in [9.17, 15) is 13.2 Å². The maximum Gasteiger partial charge on any atom is 0.251 e. The Balaban J connectivity index is 1.89. The zero-order valence-electron chi connectivity index (χ0n) is 13.9. The largest absolute Gasteiger partial charge is 0.352 e. The SMILES string of the molecule is CC(C)n1nnnc1CCNC(=O)c1ccc(CS(C)(=O)=O)cc1. The van der Waals surface area contributed by atoms with Crippen LogP contribution in [0.4, 0.5) is 0 Å². The van der Waals surface area contributed by atoms with Crippen molar-refractivity contribution in [2.24, 2.45) is 0 Å². The van der Waals surface area contributed by atoms with E-state index < -0.39 is 9.84 Å². The maximum atomic E-state index is 12.1. The summed E-state index contributed by atoms with van der Waals surface area (Å²) in [5.74, 6) is 0.463. The Morgan fingerprint density at radius 2 is 1.92 bits per heavy atom. The van der Waals surface area contributed by atoms with Gasteiger partial charge >= 0.3 is 0 Å². The smallest absolute Gasteiger partial charge is 0.251 e. The fourth-order valence-corrected chi connectivity index (χ4v) is 3.02. The molecule has 0 aliphatic heterocycles. The molecule has 1 N–H and O–H groups in total. The molecule has 2 aromatic rings. The molecule has 0 saturated heterocycles. The number of sulfone groups is 1. The van der Waals surface area contributed by atoms with Crippen LogP contribution >= 0.6 is 0 Å². The number of hydrogen-bond donors (Lipinski definition) is 1. The summed E-state index contributed by atoms with van der Waals surface area (Å²) in [5.41, 5.74) is 1.14. The van der Waals surface area contributed by atoms with Gasteiger partial charge in [-0.15, -0.1) is 5.10 Å². The molecule has 0 unspecified atom stereocenters. The van der Waals surface area contributed by atoms with Crippen molar-refractivity contribution in [3.05, 3.63) is 41.2 Å². The Hall–Kier alpha value is -2.29. The van der Waals surface area contributed by atoms with Crippen LogP contribution in [0.5, 0.6) is 0 Å².